The van der Waals surface area contributed by atoms with Crippen molar-refractivity contribution < 1.29 is 31.8 Å². The van der Waals surface area contributed by atoms with Gasteiger partial charge in [-0.25, -0.2) is 8.42 Å². The highest BCUT2D eigenvalue weighted by Gasteiger charge is 2.13. The first-order chi connectivity index (χ1) is 15.3. The van der Waals surface area contributed by atoms with Crippen LogP contribution in [0.25, 0.3) is 10.9 Å². The molecule has 0 saturated carbocycles. The first kappa shape index (κ1) is 23.7. The molecule has 0 fully saturated rings. The molecule has 12 heteroatoms. The molecule has 3 rings (SSSR count). The maximum Gasteiger partial charge on any atom is 0.388 e. The number of alkyl halides is 2. The van der Waals surface area contributed by atoms with Crippen LogP contribution in [0.2, 0.25) is 0 Å². The van der Waals surface area contributed by atoms with Crippen molar-refractivity contribution in [3.05, 3.63) is 48.0 Å². The van der Waals surface area contributed by atoms with Gasteiger partial charge < -0.3 is 19.9 Å². The molecular formula is C20H24F2N4O5S. The summed E-state index contributed by atoms with van der Waals surface area (Å²) >= 11 is 0. The van der Waals surface area contributed by atoms with E-state index in [-0.39, 0.29) is 18.2 Å². The normalized spacial score (nSPS) is 12.8. The van der Waals surface area contributed by atoms with Gasteiger partial charge in [-0.3, -0.25) is 9.82 Å². The largest absolute Gasteiger partial charge is 0.492 e. The molecule has 1 aromatic heterocycles. The highest BCUT2D eigenvalue weighted by atomic mass is 32.2. The Morgan fingerprint density at radius 2 is 2.03 bits per heavy atom. The van der Waals surface area contributed by atoms with Gasteiger partial charge in [0, 0.05) is 24.8 Å². The van der Waals surface area contributed by atoms with E-state index >= 15 is 0 Å². The van der Waals surface area contributed by atoms with Crippen molar-refractivity contribution in [1.29, 1.82) is 0 Å². The highest BCUT2D eigenvalue weighted by molar-refractivity contribution is 7.92. The van der Waals surface area contributed by atoms with Gasteiger partial charge in [-0.05, 0) is 36.8 Å². The molecule has 9 nitrogen and oxygen atoms in total. The zero-order valence-electron chi connectivity index (χ0n) is 17.2. The zero-order chi connectivity index (χ0) is 23.1. The summed E-state index contributed by atoms with van der Waals surface area (Å²) in [4.78, 5) is 0. The van der Waals surface area contributed by atoms with E-state index in [1.807, 2.05) is 0 Å². The third-order valence-electron chi connectivity index (χ3n) is 4.51. The molecule has 32 heavy (non-hydrogen) atoms. The Morgan fingerprint density at radius 1 is 1.22 bits per heavy atom. The van der Waals surface area contributed by atoms with Crippen molar-refractivity contribution in [3.63, 3.8) is 0 Å². The van der Waals surface area contributed by atoms with Crippen molar-refractivity contribution in [2.24, 2.45) is 0 Å². The van der Waals surface area contributed by atoms with E-state index < -0.39 is 22.7 Å². The number of aromatic nitrogens is 2. The van der Waals surface area contributed by atoms with Crippen LogP contribution in [-0.4, -0.2) is 55.8 Å². The lowest BCUT2D eigenvalue weighted by atomic mass is 10.1. The topological polar surface area (TPSA) is 126 Å². The number of fused-ring (bicyclic) bond motifs is 1. The van der Waals surface area contributed by atoms with Crippen LogP contribution in [0.4, 0.5) is 14.5 Å². The van der Waals surface area contributed by atoms with Crippen LogP contribution in [0.1, 0.15) is 18.6 Å². The number of hydrogen-bond acceptors (Lipinski definition) is 7. The molecule has 1 heterocycles. The second kappa shape index (κ2) is 10.6. The van der Waals surface area contributed by atoms with Gasteiger partial charge in [-0.15, -0.1) is 5.10 Å². The summed E-state index contributed by atoms with van der Waals surface area (Å²) < 4.78 is 60.5. The van der Waals surface area contributed by atoms with E-state index in [4.69, 9.17) is 4.74 Å². The molecule has 1 atom stereocenters. The Hall–Kier alpha value is -2.96. The number of aliphatic hydroxyl groups excluding tert-OH is 1. The average molecular weight is 470 g/mol. The average Bonchev–Trinajstić information content (AvgIpc) is 3.14. The lowest BCUT2D eigenvalue weighted by Crippen LogP contribution is -2.26. The summed E-state index contributed by atoms with van der Waals surface area (Å²) in [5, 5.41) is 20.1. The first-order valence-corrected chi connectivity index (χ1v) is 11.5. The number of benzene rings is 2. The molecule has 0 aliphatic heterocycles. The smallest absolute Gasteiger partial charge is 0.388 e. The molecule has 3 aromatic rings. The maximum absolute atomic E-state index is 12.4. The number of hydrogen-bond donors (Lipinski definition) is 4. The lowest BCUT2D eigenvalue weighted by molar-refractivity contribution is -0.0518. The first-order valence-electron chi connectivity index (χ1n) is 9.82. The van der Waals surface area contributed by atoms with Crippen molar-refractivity contribution >= 4 is 26.6 Å². The fraction of sp³-hybridized carbons (Fsp3) is 0.350. The summed E-state index contributed by atoms with van der Waals surface area (Å²) in [5.41, 5.74) is 1.46. The molecule has 0 saturated heterocycles. The van der Waals surface area contributed by atoms with Gasteiger partial charge in [-0.1, -0.05) is 12.1 Å². The fourth-order valence-electron chi connectivity index (χ4n) is 2.90. The number of halogens is 2. The molecule has 0 spiro atoms. The van der Waals surface area contributed by atoms with Gasteiger partial charge in [-0.2, -0.15) is 8.78 Å². The van der Waals surface area contributed by atoms with Gasteiger partial charge in [0.1, 0.15) is 12.4 Å². The summed E-state index contributed by atoms with van der Waals surface area (Å²) in [6, 6.07) is 11.4. The van der Waals surface area contributed by atoms with Crippen LogP contribution in [0.3, 0.4) is 0 Å². The number of anilines is 1. The molecule has 0 aliphatic carbocycles. The van der Waals surface area contributed by atoms with E-state index in [1.165, 1.54) is 0 Å². The number of H-pyrrole nitrogens is 1. The fourth-order valence-corrected chi connectivity index (χ4v) is 3.53. The minimum Gasteiger partial charge on any atom is -0.492 e. The number of nitrogens with one attached hydrogen (secondary N) is 3. The Labute approximate surface area is 183 Å². The number of ether oxygens (including phenoxy) is 2. The predicted octanol–water partition coefficient (Wildman–Crippen LogP) is 2.63. The Morgan fingerprint density at radius 3 is 2.78 bits per heavy atom. The second-order valence-electron chi connectivity index (χ2n) is 6.81. The van der Waals surface area contributed by atoms with Crippen LogP contribution in [-0.2, 0) is 10.0 Å². The van der Waals surface area contributed by atoms with E-state index in [9.17, 15) is 22.3 Å². The van der Waals surface area contributed by atoms with Crippen LogP contribution in [0.15, 0.2) is 42.5 Å². The summed E-state index contributed by atoms with van der Waals surface area (Å²) in [6.45, 7) is -0.453. The Kier molecular flexibility index (Phi) is 7.83. The monoisotopic (exact) mass is 470 g/mol. The van der Waals surface area contributed by atoms with E-state index in [1.54, 1.807) is 49.4 Å². The molecular weight excluding hydrogens is 446 g/mol. The minimum atomic E-state index is -3.39. The van der Waals surface area contributed by atoms with Gasteiger partial charge in [0.15, 0.2) is 0 Å². The summed E-state index contributed by atoms with van der Waals surface area (Å²) in [5.74, 6) is 0.297. The van der Waals surface area contributed by atoms with Crippen molar-refractivity contribution in [1.82, 2.24) is 15.5 Å². The number of nitrogens with zero attached hydrogens (tertiary/aromatic N) is 1. The predicted molar refractivity (Wildman–Crippen MR) is 116 cm³/mol. The van der Waals surface area contributed by atoms with Crippen molar-refractivity contribution in [2.75, 3.05) is 30.2 Å². The third-order valence-corrected chi connectivity index (χ3v) is 5.82. The molecule has 0 radical (unpaired) electrons. The van der Waals surface area contributed by atoms with Crippen LogP contribution < -0.4 is 19.5 Å². The van der Waals surface area contributed by atoms with Crippen molar-refractivity contribution in [2.45, 2.75) is 19.6 Å². The van der Waals surface area contributed by atoms with Crippen molar-refractivity contribution in [3.8, 4) is 11.6 Å². The number of rotatable bonds is 12. The highest BCUT2D eigenvalue weighted by Crippen LogP contribution is 2.27. The molecule has 4 N–H and O–H groups in total. The lowest BCUT2D eigenvalue weighted by Gasteiger charge is -2.14. The zero-order valence-corrected chi connectivity index (χ0v) is 18.0. The van der Waals surface area contributed by atoms with E-state index in [2.05, 4.69) is 25.0 Å². The Bertz CT molecular complexity index is 1140. The molecule has 0 bridgehead atoms. The number of aliphatic hydroxyl groups is 1. The van der Waals surface area contributed by atoms with Gasteiger partial charge in [0.05, 0.1) is 22.8 Å². The summed E-state index contributed by atoms with van der Waals surface area (Å²) in [6.07, 6.45) is -0.837. The van der Waals surface area contributed by atoms with E-state index in [0.717, 1.165) is 0 Å². The molecule has 2 aromatic carbocycles. The maximum atomic E-state index is 12.4. The van der Waals surface area contributed by atoms with Crippen LogP contribution >= 0.6 is 0 Å². The Balaban J connectivity index is 1.45. The standard InChI is InChI=1S/C20H24F2N4O5S/c1-2-32(28,29)26-14-5-3-4-13(10-14)18(27)12-23-8-9-30-15-6-7-16-17(11-15)24-25-19(16)31-20(21)22/h3-7,10-11,18,20,23,26-27H,2,8-9,12H2,1H3,(H,24,25)/t18-/m0/s1. The van der Waals surface area contributed by atoms with E-state index in [0.29, 0.717) is 41.1 Å². The van der Waals surface area contributed by atoms with Crippen LogP contribution in [0, 0.1) is 0 Å². The third kappa shape index (κ3) is 6.52. The second-order valence-corrected chi connectivity index (χ2v) is 8.82. The number of sulfonamides is 1. The minimum absolute atomic E-state index is 0.0424. The quantitative estimate of drug-likeness (QED) is 0.300. The van der Waals surface area contributed by atoms with Gasteiger partial charge in [0.2, 0.25) is 15.9 Å². The summed E-state index contributed by atoms with van der Waals surface area (Å²) in [7, 11) is -3.39. The molecule has 174 valence electrons. The molecule has 0 unspecified atom stereocenters. The van der Waals surface area contributed by atoms with Gasteiger partial charge >= 0.3 is 6.61 Å². The molecule has 0 aliphatic rings. The SMILES string of the molecule is CCS(=O)(=O)Nc1cccc([C@@H](O)CNCCOc2ccc3c(OC(F)F)n[nH]c3c2)c1. The van der Waals surface area contributed by atoms with Gasteiger partial charge in [0.25, 0.3) is 0 Å². The van der Waals surface area contributed by atoms with Crippen LogP contribution in [0.5, 0.6) is 11.6 Å². The number of aromatic amines is 1. The molecule has 0 amide bonds.